The van der Waals surface area contributed by atoms with E-state index < -0.39 is 0 Å². The van der Waals surface area contributed by atoms with Crippen molar-refractivity contribution in [2.24, 2.45) is 23.7 Å². The van der Waals surface area contributed by atoms with Gasteiger partial charge in [0.25, 0.3) is 0 Å². The summed E-state index contributed by atoms with van der Waals surface area (Å²) in [4.78, 5) is 0. The summed E-state index contributed by atoms with van der Waals surface area (Å²) in [7, 11) is 0.104. The second-order valence-corrected chi connectivity index (χ2v) is 17.7. The van der Waals surface area contributed by atoms with Crippen LogP contribution in [0.25, 0.3) is 0 Å². The Balaban J connectivity index is 1.34. The van der Waals surface area contributed by atoms with Gasteiger partial charge >= 0.3 is 0 Å². The van der Waals surface area contributed by atoms with Gasteiger partial charge in [0.05, 0.1) is 0 Å². The van der Waals surface area contributed by atoms with E-state index in [-0.39, 0.29) is 15.8 Å². The Hall–Kier alpha value is 0.0800. The van der Waals surface area contributed by atoms with E-state index in [1.165, 1.54) is 25.7 Å². The quantitative estimate of drug-likeness (QED) is 0.386. The Morgan fingerprint density at radius 3 is 1.03 bits per heavy atom. The largest absolute Gasteiger partial charge is 0.0677 e. The second kappa shape index (κ2) is 8.94. The molecule has 4 saturated carbocycles. The molecule has 2 heteroatoms. The van der Waals surface area contributed by atoms with Crippen molar-refractivity contribution in [3.63, 3.8) is 0 Å². The molecular weight excluding hydrogens is 422 g/mol. The maximum absolute atomic E-state index is 2.72. The first-order valence-electron chi connectivity index (χ1n) is 14.5. The minimum atomic E-state index is 0.0518. The highest BCUT2D eigenvalue weighted by atomic mass is 31.1. The highest BCUT2D eigenvalue weighted by Gasteiger charge is 2.49. The molecule has 1 aromatic rings. The number of rotatable bonds is 2. The van der Waals surface area contributed by atoms with Crippen LogP contribution in [-0.4, -0.2) is 22.6 Å². The molecule has 4 aliphatic carbocycles. The van der Waals surface area contributed by atoms with Crippen LogP contribution in [0.4, 0.5) is 0 Å². The molecule has 0 aromatic heterocycles. The standard InChI is InChI=1S/C30H44P2/c1-2-12-30(32-27-15-5-9-23(27)19-20-24-10-6-16-28(24)32)29(11-1)31-25-13-3-7-21(25)17-18-22-8-4-14-26(22)31/h1-2,11-12,21-28H,3-10,13-20H2. The maximum Gasteiger partial charge on any atom is -0.0138 e. The summed E-state index contributed by atoms with van der Waals surface area (Å²) in [5.74, 6) is 4.33. The molecule has 174 valence electrons. The Morgan fingerprint density at radius 2 is 0.719 bits per heavy atom. The Morgan fingerprint density at radius 1 is 0.406 bits per heavy atom. The minimum Gasteiger partial charge on any atom is -0.0677 e. The van der Waals surface area contributed by atoms with Crippen LogP contribution in [0.1, 0.15) is 103 Å². The number of benzene rings is 1. The fraction of sp³-hybridized carbons (Fsp3) is 0.800. The fourth-order valence-electron chi connectivity index (χ4n) is 9.84. The molecule has 7 rings (SSSR count). The maximum atomic E-state index is 2.72. The lowest BCUT2D eigenvalue weighted by Gasteiger charge is -2.40. The van der Waals surface area contributed by atoms with E-state index in [0.717, 1.165) is 46.3 Å². The van der Waals surface area contributed by atoms with Crippen molar-refractivity contribution < 1.29 is 0 Å². The normalized spacial score (nSPS) is 47.9. The molecule has 2 saturated heterocycles. The topological polar surface area (TPSA) is 0 Å². The first-order chi connectivity index (χ1) is 15.9. The smallest absolute Gasteiger partial charge is 0.0138 e. The van der Waals surface area contributed by atoms with Crippen LogP contribution in [0, 0.1) is 23.7 Å². The third-order valence-electron chi connectivity index (χ3n) is 11.2. The van der Waals surface area contributed by atoms with E-state index in [0.29, 0.717) is 0 Å². The van der Waals surface area contributed by atoms with Crippen LogP contribution >= 0.6 is 15.8 Å². The predicted molar refractivity (Wildman–Crippen MR) is 143 cm³/mol. The Labute approximate surface area is 199 Å². The van der Waals surface area contributed by atoms with Crippen molar-refractivity contribution in [3.05, 3.63) is 24.3 Å². The van der Waals surface area contributed by atoms with Crippen molar-refractivity contribution in [3.8, 4) is 0 Å². The fourth-order valence-corrected chi connectivity index (χ4v) is 19.0. The highest BCUT2D eigenvalue weighted by molar-refractivity contribution is 7.73. The van der Waals surface area contributed by atoms with E-state index in [2.05, 4.69) is 24.3 Å². The van der Waals surface area contributed by atoms with Crippen molar-refractivity contribution in [1.82, 2.24) is 0 Å². The molecule has 2 heterocycles. The molecule has 0 radical (unpaired) electrons. The zero-order valence-corrected chi connectivity index (χ0v) is 21.9. The van der Waals surface area contributed by atoms with Crippen molar-refractivity contribution in [1.29, 1.82) is 0 Å². The molecule has 6 aliphatic rings. The van der Waals surface area contributed by atoms with Gasteiger partial charge in [-0.05, 0) is 134 Å². The highest BCUT2D eigenvalue weighted by Crippen LogP contribution is 2.66. The van der Waals surface area contributed by atoms with E-state index in [9.17, 15) is 0 Å². The molecule has 6 fully saturated rings. The number of hydrogen-bond acceptors (Lipinski definition) is 0. The summed E-state index contributed by atoms with van der Waals surface area (Å²) >= 11 is 0. The van der Waals surface area contributed by atoms with Gasteiger partial charge in [0.2, 0.25) is 0 Å². The Bertz CT molecular complexity index is 708. The summed E-state index contributed by atoms with van der Waals surface area (Å²) in [5, 5.41) is 3.98. The SMILES string of the molecule is c1ccc(P2C3CCCC3CCC3CCCC32)c(P2C3CCCC3CCC3CCCC32)c1. The second-order valence-electron chi connectivity index (χ2n) is 12.5. The zero-order chi connectivity index (χ0) is 21.1. The number of hydrogen-bond donors (Lipinski definition) is 0. The van der Waals surface area contributed by atoms with E-state index in [4.69, 9.17) is 0 Å². The minimum absolute atomic E-state index is 0.0518. The van der Waals surface area contributed by atoms with Gasteiger partial charge in [-0.1, -0.05) is 65.8 Å². The van der Waals surface area contributed by atoms with Crippen LogP contribution < -0.4 is 10.6 Å². The van der Waals surface area contributed by atoms with Crippen LogP contribution in [0.2, 0.25) is 0 Å². The van der Waals surface area contributed by atoms with Gasteiger partial charge in [0.15, 0.2) is 0 Å². The molecule has 1 aromatic carbocycles. The average molecular weight is 467 g/mol. The number of fused-ring (bicyclic) bond motifs is 4. The summed E-state index contributed by atoms with van der Waals surface area (Å²) in [6.45, 7) is 0. The first kappa shape index (κ1) is 21.4. The van der Waals surface area contributed by atoms with Crippen LogP contribution in [0.15, 0.2) is 24.3 Å². The molecule has 0 spiro atoms. The average Bonchev–Trinajstić information content (AvgIpc) is 3.61. The lowest BCUT2D eigenvalue weighted by molar-refractivity contribution is 0.427. The van der Waals surface area contributed by atoms with Gasteiger partial charge in [0, 0.05) is 0 Å². The first-order valence-corrected chi connectivity index (χ1v) is 17.5. The Kier molecular flexibility index (Phi) is 5.97. The molecule has 0 nitrogen and oxygen atoms in total. The van der Waals surface area contributed by atoms with Crippen molar-refractivity contribution in [2.75, 3.05) is 0 Å². The van der Waals surface area contributed by atoms with Crippen LogP contribution in [-0.2, 0) is 0 Å². The molecule has 8 atom stereocenters. The van der Waals surface area contributed by atoms with Crippen LogP contribution in [0.3, 0.4) is 0 Å². The summed E-state index contributed by atoms with van der Waals surface area (Å²) in [5.41, 5.74) is 4.33. The van der Waals surface area contributed by atoms with Gasteiger partial charge in [-0.15, -0.1) is 0 Å². The molecule has 0 N–H and O–H groups in total. The molecule has 8 unspecified atom stereocenters. The molecule has 32 heavy (non-hydrogen) atoms. The van der Waals surface area contributed by atoms with Crippen molar-refractivity contribution >= 4 is 26.5 Å². The predicted octanol–water partition coefficient (Wildman–Crippen LogP) is 8.16. The van der Waals surface area contributed by atoms with E-state index in [1.54, 1.807) is 77.0 Å². The third kappa shape index (κ3) is 3.51. The molecular formula is C30H44P2. The van der Waals surface area contributed by atoms with Gasteiger partial charge < -0.3 is 0 Å². The monoisotopic (exact) mass is 466 g/mol. The van der Waals surface area contributed by atoms with E-state index >= 15 is 0 Å². The van der Waals surface area contributed by atoms with Gasteiger partial charge in [-0.3, -0.25) is 0 Å². The van der Waals surface area contributed by atoms with Gasteiger partial charge in [0.1, 0.15) is 0 Å². The zero-order valence-electron chi connectivity index (χ0n) is 20.1. The summed E-state index contributed by atoms with van der Waals surface area (Å²) in [6, 6.07) is 10.4. The van der Waals surface area contributed by atoms with Gasteiger partial charge in [-0.25, -0.2) is 0 Å². The van der Waals surface area contributed by atoms with E-state index in [1.807, 2.05) is 10.6 Å². The molecule has 0 amide bonds. The summed E-state index contributed by atoms with van der Waals surface area (Å²) < 4.78 is 0. The summed E-state index contributed by atoms with van der Waals surface area (Å²) in [6.07, 6.45) is 25.0. The van der Waals surface area contributed by atoms with Crippen LogP contribution in [0.5, 0.6) is 0 Å². The molecule has 0 bridgehead atoms. The lowest BCUT2D eigenvalue weighted by atomic mass is 9.94. The third-order valence-corrected chi connectivity index (χ3v) is 18.8. The van der Waals surface area contributed by atoms with Gasteiger partial charge in [-0.2, -0.15) is 0 Å². The molecule has 2 aliphatic heterocycles. The lowest BCUT2D eigenvalue weighted by Crippen LogP contribution is -2.36. The van der Waals surface area contributed by atoms with Crippen molar-refractivity contribution in [2.45, 2.75) is 125 Å².